The summed E-state index contributed by atoms with van der Waals surface area (Å²) >= 11 is 0. The van der Waals surface area contributed by atoms with E-state index in [0.717, 1.165) is 37.8 Å². The van der Waals surface area contributed by atoms with Gasteiger partial charge in [0.2, 0.25) is 0 Å². The SMILES string of the molecule is CCC(N)Cc1cccnc1N1CCN(C2CC2)CC1. The van der Waals surface area contributed by atoms with Gasteiger partial charge in [0, 0.05) is 44.5 Å². The van der Waals surface area contributed by atoms with Gasteiger partial charge in [-0.15, -0.1) is 0 Å². The maximum Gasteiger partial charge on any atom is 0.131 e. The zero-order valence-corrected chi connectivity index (χ0v) is 12.5. The molecule has 3 rings (SSSR count). The van der Waals surface area contributed by atoms with Gasteiger partial charge in [0.1, 0.15) is 5.82 Å². The normalized spacial score (nSPS) is 22.0. The minimum Gasteiger partial charge on any atom is -0.354 e. The minimum atomic E-state index is 0.241. The standard InChI is InChI=1S/C16H26N4/c1-2-14(17)12-13-4-3-7-18-16(13)20-10-8-19(9-11-20)15-5-6-15/h3-4,7,14-15H,2,5-6,8-12,17H2,1H3. The van der Waals surface area contributed by atoms with Crippen LogP contribution in [0.25, 0.3) is 0 Å². The molecule has 0 spiro atoms. The van der Waals surface area contributed by atoms with Crippen LogP contribution in [0.5, 0.6) is 0 Å². The van der Waals surface area contributed by atoms with Crippen LogP contribution in [0.2, 0.25) is 0 Å². The first-order chi connectivity index (χ1) is 9.78. The van der Waals surface area contributed by atoms with Gasteiger partial charge in [-0.25, -0.2) is 4.98 Å². The van der Waals surface area contributed by atoms with Crippen molar-refractivity contribution < 1.29 is 0 Å². The summed E-state index contributed by atoms with van der Waals surface area (Å²) in [6.07, 6.45) is 6.66. The second-order valence-electron chi connectivity index (χ2n) is 6.11. The van der Waals surface area contributed by atoms with Crippen molar-refractivity contribution in [1.29, 1.82) is 0 Å². The number of pyridine rings is 1. The molecule has 0 aromatic carbocycles. The molecule has 0 amide bonds. The van der Waals surface area contributed by atoms with Crippen LogP contribution in [-0.2, 0) is 6.42 Å². The van der Waals surface area contributed by atoms with E-state index in [1.54, 1.807) is 0 Å². The Morgan fingerprint density at radius 1 is 1.30 bits per heavy atom. The van der Waals surface area contributed by atoms with E-state index in [9.17, 15) is 0 Å². The lowest BCUT2D eigenvalue weighted by Crippen LogP contribution is -2.47. The molecule has 2 fully saturated rings. The Bertz CT molecular complexity index is 436. The molecule has 1 saturated carbocycles. The smallest absolute Gasteiger partial charge is 0.131 e. The topological polar surface area (TPSA) is 45.4 Å². The Balaban J connectivity index is 1.67. The third-order valence-corrected chi connectivity index (χ3v) is 4.55. The lowest BCUT2D eigenvalue weighted by atomic mass is 10.0. The Hall–Kier alpha value is -1.13. The minimum absolute atomic E-state index is 0.241. The van der Waals surface area contributed by atoms with Crippen molar-refractivity contribution >= 4 is 5.82 Å². The second kappa shape index (κ2) is 6.10. The van der Waals surface area contributed by atoms with Gasteiger partial charge in [-0.05, 0) is 37.3 Å². The fourth-order valence-corrected chi connectivity index (χ4v) is 3.04. The van der Waals surface area contributed by atoms with Crippen molar-refractivity contribution in [1.82, 2.24) is 9.88 Å². The van der Waals surface area contributed by atoms with Crippen LogP contribution >= 0.6 is 0 Å². The molecule has 2 heterocycles. The fraction of sp³-hybridized carbons (Fsp3) is 0.688. The Kier molecular flexibility index (Phi) is 4.22. The molecule has 4 heteroatoms. The van der Waals surface area contributed by atoms with Crippen LogP contribution in [0, 0.1) is 0 Å². The van der Waals surface area contributed by atoms with Gasteiger partial charge >= 0.3 is 0 Å². The van der Waals surface area contributed by atoms with Gasteiger partial charge in [-0.3, -0.25) is 4.90 Å². The monoisotopic (exact) mass is 274 g/mol. The molecule has 1 aromatic rings. The molecule has 1 aliphatic heterocycles. The Morgan fingerprint density at radius 2 is 2.05 bits per heavy atom. The highest BCUT2D eigenvalue weighted by Crippen LogP contribution is 2.29. The summed E-state index contributed by atoms with van der Waals surface area (Å²) in [6, 6.07) is 5.34. The number of anilines is 1. The largest absolute Gasteiger partial charge is 0.354 e. The van der Waals surface area contributed by atoms with Crippen LogP contribution < -0.4 is 10.6 Å². The summed E-state index contributed by atoms with van der Waals surface area (Å²) in [5.41, 5.74) is 7.43. The van der Waals surface area contributed by atoms with E-state index in [4.69, 9.17) is 5.73 Å². The molecule has 4 nitrogen and oxygen atoms in total. The van der Waals surface area contributed by atoms with Gasteiger partial charge < -0.3 is 10.6 Å². The zero-order valence-electron chi connectivity index (χ0n) is 12.5. The van der Waals surface area contributed by atoms with Crippen LogP contribution in [0.15, 0.2) is 18.3 Å². The van der Waals surface area contributed by atoms with E-state index in [2.05, 4.69) is 27.8 Å². The number of rotatable bonds is 5. The van der Waals surface area contributed by atoms with Crippen molar-refractivity contribution in [2.45, 2.75) is 44.7 Å². The van der Waals surface area contributed by atoms with E-state index >= 15 is 0 Å². The van der Waals surface area contributed by atoms with Crippen LogP contribution in [-0.4, -0.2) is 48.1 Å². The van der Waals surface area contributed by atoms with Crippen molar-refractivity contribution in [3.63, 3.8) is 0 Å². The number of hydrogen-bond acceptors (Lipinski definition) is 4. The maximum absolute atomic E-state index is 6.12. The van der Waals surface area contributed by atoms with Crippen molar-refractivity contribution in [3.8, 4) is 0 Å². The molecule has 0 bridgehead atoms. The molecular weight excluding hydrogens is 248 g/mol. The molecule has 20 heavy (non-hydrogen) atoms. The van der Waals surface area contributed by atoms with Crippen molar-refractivity contribution in [2.75, 3.05) is 31.1 Å². The molecule has 1 atom stereocenters. The lowest BCUT2D eigenvalue weighted by Gasteiger charge is -2.36. The molecule has 0 radical (unpaired) electrons. The van der Waals surface area contributed by atoms with E-state index in [0.29, 0.717) is 0 Å². The molecule has 1 unspecified atom stereocenters. The predicted molar refractivity (Wildman–Crippen MR) is 83.0 cm³/mol. The van der Waals surface area contributed by atoms with Crippen LogP contribution in [0.1, 0.15) is 31.7 Å². The fourth-order valence-electron chi connectivity index (χ4n) is 3.04. The summed E-state index contributed by atoms with van der Waals surface area (Å²) in [5, 5.41) is 0. The summed E-state index contributed by atoms with van der Waals surface area (Å²) in [5.74, 6) is 1.16. The van der Waals surface area contributed by atoms with E-state index in [1.807, 2.05) is 12.3 Å². The number of piperazine rings is 1. The highest BCUT2D eigenvalue weighted by Gasteiger charge is 2.31. The van der Waals surface area contributed by atoms with E-state index < -0.39 is 0 Å². The molecule has 2 aliphatic rings. The number of hydrogen-bond donors (Lipinski definition) is 1. The average molecular weight is 274 g/mol. The molecule has 2 N–H and O–H groups in total. The lowest BCUT2D eigenvalue weighted by molar-refractivity contribution is 0.247. The molecule has 1 aromatic heterocycles. The first kappa shape index (κ1) is 13.8. The number of aromatic nitrogens is 1. The van der Waals surface area contributed by atoms with Gasteiger partial charge in [-0.2, -0.15) is 0 Å². The Morgan fingerprint density at radius 3 is 2.70 bits per heavy atom. The molecule has 1 saturated heterocycles. The first-order valence-corrected chi connectivity index (χ1v) is 7.96. The number of nitrogens with two attached hydrogens (primary N) is 1. The van der Waals surface area contributed by atoms with Gasteiger partial charge in [0.25, 0.3) is 0 Å². The summed E-state index contributed by atoms with van der Waals surface area (Å²) in [4.78, 5) is 9.70. The summed E-state index contributed by atoms with van der Waals surface area (Å²) in [6.45, 7) is 6.71. The van der Waals surface area contributed by atoms with Crippen molar-refractivity contribution in [3.05, 3.63) is 23.9 Å². The van der Waals surface area contributed by atoms with Gasteiger partial charge in [0.15, 0.2) is 0 Å². The second-order valence-corrected chi connectivity index (χ2v) is 6.11. The molecular formula is C16H26N4. The van der Waals surface area contributed by atoms with Gasteiger partial charge in [-0.1, -0.05) is 13.0 Å². The first-order valence-electron chi connectivity index (χ1n) is 7.96. The molecule has 1 aliphatic carbocycles. The van der Waals surface area contributed by atoms with E-state index in [1.165, 1.54) is 31.5 Å². The predicted octanol–water partition coefficient (Wildman–Crippen LogP) is 1.65. The third kappa shape index (κ3) is 3.13. The van der Waals surface area contributed by atoms with Crippen LogP contribution in [0.4, 0.5) is 5.82 Å². The third-order valence-electron chi connectivity index (χ3n) is 4.55. The quantitative estimate of drug-likeness (QED) is 0.887. The van der Waals surface area contributed by atoms with Gasteiger partial charge in [0.05, 0.1) is 0 Å². The number of nitrogens with zero attached hydrogens (tertiary/aromatic N) is 3. The summed E-state index contributed by atoms with van der Waals surface area (Å²) < 4.78 is 0. The summed E-state index contributed by atoms with van der Waals surface area (Å²) in [7, 11) is 0. The average Bonchev–Trinajstić information content (AvgIpc) is 3.33. The molecule has 110 valence electrons. The highest BCUT2D eigenvalue weighted by atomic mass is 15.3. The van der Waals surface area contributed by atoms with E-state index in [-0.39, 0.29) is 6.04 Å². The maximum atomic E-state index is 6.12. The van der Waals surface area contributed by atoms with Crippen LogP contribution in [0.3, 0.4) is 0 Å². The van der Waals surface area contributed by atoms with Crippen molar-refractivity contribution in [2.24, 2.45) is 5.73 Å². The Labute approximate surface area is 122 Å². The zero-order chi connectivity index (χ0) is 13.9. The highest BCUT2D eigenvalue weighted by molar-refractivity contribution is 5.47.